The first-order valence-corrected chi connectivity index (χ1v) is 8.89. The Morgan fingerprint density at radius 2 is 1.81 bits per heavy atom. The van der Waals surface area contributed by atoms with E-state index >= 15 is 0 Å². The molecule has 0 unspecified atom stereocenters. The third-order valence-corrected chi connectivity index (χ3v) is 3.91. The highest BCUT2D eigenvalue weighted by Crippen LogP contribution is 2.17. The molecule has 2 rings (SSSR count). The Hall–Kier alpha value is -2.93. The van der Waals surface area contributed by atoms with Crippen LogP contribution in [-0.4, -0.2) is 32.5 Å². The molecular formula is C21H20N2O2S. The van der Waals surface area contributed by atoms with E-state index in [-0.39, 0.29) is 12.2 Å². The van der Waals surface area contributed by atoms with Crippen molar-refractivity contribution in [3.05, 3.63) is 65.7 Å². The molecule has 0 bridgehead atoms. The highest BCUT2D eigenvalue weighted by atomic mass is 32.2. The first kappa shape index (κ1) is 19.4. The van der Waals surface area contributed by atoms with Crippen LogP contribution in [0.2, 0.25) is 0 Å². The fourth-order valence-corrected chi connectivity index (χ4v) is 2.43. The van der Waals surface area contributed by atoms with E-state index in [9.17, 15) is 4.79 Å². The lowest BCUT2D eigenvalue weighted by Crippen LogP contribution is -2.08. The van der Waals surface area contributed by atoms with Crippen molar-refractivity contribution in [2.75, 3.05) is 25.6 Å². The fourth-order valence-electron chi connectivity index (χ4n) is 1.91. The number of carbonyl (C=O) groups excluding carboxylic acids is 1. The van der Waals surface area contributed by atoms with E-state index in [2.05, 4.69) is 22.1 Å². The molecule has 0 aliphatic heterocycles. The molecule has 0 atom stereocenters. The maximum absolute atomic E-state index is 12.1. The Morgan fingerprint density at radius 3 is 2.42 bits per heavy atom. The van der Waals surface area contributed by atoms with Gasteiger partial charge in [-0.05, 0) is 49.2 Å². The van der Waals surface area contributed by atoms with Gasteiger partial charge in [-0.2, -0.15) is 4.40 Å². The molecule has 4 nitrogen and oxygen atoms in total. The van der Waals surface area contributed by atoms with Crippen molar-refractivity contribution in [1.82, 2.24) is 0 Å². The Morgan fingerprint density at radius 1 is 1.12 bits per heavy atom. The van der Waals surface area contributed by atoms with Crippen LogP contribution in [0.15, 0.2) is 69.5 Å². The molecule has 132 valence electrons. The van der Waals surface area contributed by atoms with Crippen molar-refractivity contribution in [3.8, 4) is 11.8 Å². The molecule has 0 N–H and O–H groups in total. The van der Waals surface area contributed by atoms with Crippen LogP contribution in [0.25, 0.3) is 0 Å². The van der Waals surface area contributed by atoms with Crippen molar-refractivity contribution in [2.24, 2.45) is 4.40 Å². The summed E-state index contributed by atoms with van der Waals surface area (Å²) in [6, 6.07) is 17.4. The summed E-state index contributed by atoms with van der Waals surface area (Å²) in [4.78, 5) is 15.0. The molecule has 0 amide bonds. The molecule has 2 aromatic carbocycles. The van der Waals surface area contributed by atoms with Gasteiger partial charge in [0.15, 0.2) is 5.57 Å². The molecule has 0 saturated heterocycles. The first-order valence-electron chi connectivity index (χ1n) is 8.11. The van der Waals surface area contributed by atoms with Crippen molar-refractivity contribution >= 4 is 29.5 Å². The van der Waals surface area contributed by atoms with Gasteiger partial charge in [0.2, 0.25) is 0 Å². The number of anilines is 1. The second-order valence-corrected chi connectivity index (χ2v) is 6.23. The van der Waals surface area contributed by atoms with Crippen molar-refractivity contribution in [3.63, 3.8) is 0 Å². The Balaban J connectivity index is 2.22. The van der Waals surface area contributed by atoms with Gasteiger partial charge in [-0.25, -0.2) is 4.79 Å². The third kappa shape index (κ3) is 6.18. The molecule has 2 aromatic rings. The molecule has 0 heterocycles. The average molecular weight is 364 g/mol. The van der Waals surface area contributed by atoms with Crippen LogP contribution in [0.5, 0.6) is 0 Å². The van der Waals surface area contributed by atoms with Crippen molar-refractivity contribution in [1.29, 1.82) is 0 Å². The van der Waals surface area contributed by atoms with E-state index in [4.69, 9.17) is 4.74 Å². The number of benzene rings is 2. The smallest absolute Gasteiger partial charge is 0.356 e. The third-order valence-electron chi connectivity index (χ3n) is 3.25. The normalized spacial score (nSPS) is 9.35. The zero-order valence-corrected chi connectivity index (χ0v) is 15.8. The lowest BCUT2D eigenvalue weighted by Gasteiger charge is -2.11. The number of carbonyl (C=O) groups is 1. The van der Waals surface area contributed by atoms with Crippen LogP contribution in [0.1, 0.15) is 12.5 Å². The monoisotopic (exact) mass is 364 g/mol. The van der Waals surface area contributed by atoms with Gasteiger partial charge >= 0.3 is 5.97 Å². The van der Waals surface area contributed by atoms with E-state index in [0.29, 0.717) is 0 Å². The predicted molar refractivity (Wildman–Crippen MR) is 108 cm³/mol. The summed E-state index contributed by atoms with van der Waals surface area (Å²) in [7, 11) is 3.95. The quantitative estimate of drug-likeness (QED) is 0.265. The summed E-state index contributed by atoms with van der Waals surface area (Å²) >= 11 is 1.22. The van der Waals surface area contributed by atoms with E-state index in [1.165, 1.54) is 11.9 Å². The van der Waals surface area contributed by atoms with Crippen LogP contribution in [-0.2, 0) is 9.53 Å². The van der Waals surface area contributed by atoms with E-state index in [1.807, 2.05) is 73.6 Å². The molecule has 26 heavy (non-hydrogen) atoms. The summed E-state index contributed by atoms with van der Waals surface area (Å²) in [5, 5.41) is 0. The molecule has 0 aliphatic carbocycles. The van der Waals surface area contributed by atoms with Gasteiger partial charge < -0.3 is 9.64 Å². The molecule has 0 fully saturated rings. The fraction of sp³-hybridized carbons (Fsp3) is 0.190. The molecule has 0 aliphatic rings. The summed E-state index contributed by atoms with van der Waals surface area (Å²) in [6.07, 6.45) is 0. The predicted octanol–water partition coefficient (Wildman–Crippen LogP) is 3.97. The average Bonchev–Trinajstić information content (AvgIpc) is 2.65. The second kappa shape index (κ2) is 10.1. The Labute approximate surface area is 158 Å². The topological polar surface area (TPSA) is 41.9 Å². The molecule has 0 saturated carbocycles. The SMILES string of the molecule is CCOC(=O)C(=C=NSc1ccccc1)C#Cc1ccc(N(C)C)cc1. The molecule has 0 spiro atoms. The minimum Gasteiger partial charge on any atom is -0.461 e. The number of rotatable bonds is 5. The minimum atomic E-state index is -0.526. The highest BCUT2D eigenvalue weighted by molar-refractivity contribution is 7.98. The number of hydrogen-bond donors (Lipinski definition) is 0. The number of nitrogens with zero attached hydrogens (tertiary/aromatic N) is 2. The summed E-state index contributed by atoms with van der Waals surface area (Å²) in [6.45, 7) is 2.02. The van der Waals surface area contributed by atoms with Gasteiger partial charge in [-0.1, -0.05) is 24.1 Å². The molecular weight excluding hydrogens is 344 g/mol. The lowest BCUT2D eigenvalue weighted by molar-refractivity contribution is -0.137. The Kier molecular flexibility index (Phi) is 7.57. The number of hydrogen-bond acceptors (Lipinski definition) is 5. The summed E-state index contributed by atoms with van der Waals surface area (Å²) in [5.41, 5.74) is 1.99. The van der Waals surface area contributed by atoms with Gasteiger partial charge in [0, 0.05) is 48.1 Å². The maximum Gasteiger partial charge on any atom is 0.356 e. The van der Waals surface area contributed by atoms with Crippen LogP contribution in [0.3, 0.4) is 0 Å². The van der Waals surface area contributed by atoms with Crippen molar-refractivity contribution < 1.29 is 9.53 Å². The lowest BCUT2D eigenvalue weighted by atomic mass is 10.2. The van der Waals surface area contributed by atoms with Gasteiger partial charge in [-0.3, -0.25) is 0 Å². The highest BCUT2D eigenvalue weighted by Gasteiger charge is 2.07. The van der Waals surface area contributed by atoms with E-state index in [0.717, 1.165) is 16.1 Å². The summed E-state index contributed by atoms with van der Waals surface area (Å²) in [5.74, 6) is 7.95. The van der Waals surface area contributed by atoms with Crippen molar-refractivity contribution in [2.45, 2.75) is 11.8 Å². The zero-order valence-electron chi connectivity index (χ0n) is 15.0. The Bertz CT molecular complexity index is 856. The standard InChI is InChI=1S/C21H20N2O2S/c1-4-25-21(24)18(16-22-26-20-8-6-5-7-9-20)13-10-17-11-14-19(15-12-17)23(2)3/h5-9,11-12,14-15H,4H2,1-3H3. The van der Waals surface area contributed by atoms with Gasteiger partial charge in [0.25, 0.3) is 0 Å². The number of esters is 1. The maximum atomic E-state index is 12.1. The number of ether oxygens (including phenoxy) is 1. The molecule has 0 radical (unpaired) electrons. The zero-order chi connectivity index (χ0) is 18.8. The largest absolute Gasteiger partial charge is 0.461 e. The van der Waals surface area contributed by atoms with Crippen LogP contribution >= 0.6 is 11.9 Å². The minimum absolute atomic E-state index is 0.104. The van der Waals surface area contributed by atoms with Crippen LogP contribution in [0, 0.1) is 11.8 Å². The van der Waals surface area contributed by atoms with Gasteiger partial charge in [-0.15, -0.1) is 0 Å². The van der Waals surface area contributed by atoms with E-state index in [1.54, 1.807) is 6.92 Å². The molecule has 0 aromatic heterocycles. The van der Waals surface area contributed by atoms with Crippen LogP contribution in [0.4, 0.5) is 5.69 Å². The summed E-state index contributed by atoms with van der Waals surface area (Å²) < 4.78 is 9.14. The van der Waals surface area contributed by atoms with Gasteiger partial charge in [0.05, 0.1) is 6.61 Å². The van der Waals surface area contributed by atoms with Gasteiger partial charge in [0.1, 0.15) is 0 Å². The second-order valence-electron chi connectivity index (χ2n) is 5.39. The molecule has 5 heteroatoms. The van der Waals surface area contributed by atoms with E-state index < -0.39 is 5.97 Å². The first-order chi connectivity index (χ1) is 12.6. The van der Waals surface area contributed by atoms with Crippen LogP contribution < -0.4 is 4.90 Å².